The maximum absolute atomic E-state index is 12.9. The van der Waals surface area contributed by atoms with Gasteiger partial charge < -0.3 is 15.4 Å². The molecule has 0 bridgehead atoms. The van der Waals surface area contributed by atoms with Crippen molar-refractivity contribution in [2.75, 3.05) is 13.1 Å². The summed E-state index contributed by atoms with van der Waals surface area (Å²) < 4.78 is 18.5. The van der Waals surface area contributed by atoms with Crippen LogP contribution in [0.1, 0.15) is 31.2 Å². The molecule has 1 saturated carbocycles. The Morgan fingerprint density at radius 2 is 2.11 bits per heavy atom. The smallest absolute Gasteiger partial charge is 0.228 e. The quantitative estimate of drug-likeness (QED) is 0.848. The van der Waals surface area contributed by atoms with Crippen LogP contribution in [0.3, 0.4) is 0 Å². The van der Waals surface area contributed by atoms with Gasteiger partial charge in [0.15, 0.2) is 0 Å². The summed E-state index contributed by atoms with van der Waals surface area (Å²) in [5.74, 6) is 1.27. The molecule has 0 unspecified atom stereocenters. The van der Waals surface area contributed by atoms with Gasteiger partial charge in [0, 0.05) is 25.4 Å². The molecule has 1 aromatic heterocycles. The number of carbonyl (C=O) groups excluding carboxylic acids is 1. The molecule has 5 nitrogen and oxygen atoms in total. The van der Waals surface area contributed by atoms with Gasteiger partial charge in [-0.05, 0) is 55.1 Å². The third kappa shape index (κ3) is 3.81. The molecule has 2 fully saturated rings. The summed E-state index contributed by atoms with van der Waals surface area (Å²) in [5.41, 5.74) is 0.682. The van der Waals surface area contributed by atoms with Gasteiger partial charge >= 0.3 is 0 Å². The Balaban J connectivity index is 1.34. The summed E-state index contributed by atoms with van der Waals surface area (Å²) in [6.07, 6.45) is 6.15. The molecule has 4 rings (SSSR count). The SMILES string of the molecule is O=C(NCc1ccc(Oc2ccc(F)cc2)nc1)[C@@]12CCCC[C@H]1CNC2. The second-order valence-electron chi connectivity index (χ2n) is 7.47. The van der Waals surface area contributed by atoms with E-state index in [1.54, 1.807) is 24.4 Å². The van der Waals surface area contributed by atoms with Crippen molar-refractivity contribution in [1.82, 2.24) is 15.6 Å². The minimum Gasteiger partial charge on any atom is -0.439 e. The fraction of sp³-hybridized carbons (Fsp3) is 0.429. The van der Waals surface area contributed by atoms with Gasteiger partial charge in [0.05, 0.1) is 5.41 Å². The number of amides is 1. The van der Waals surface area contributed by atoms with Crippen molar-refractivity contribution in [3.8, 4) is 11.6 Å². The molecule has 2 aliphatic rings. The van der Waals surface area contributed by atoms with Crippen LogP contribution in [0.5, 0.6) is 11.6 Å². The van der Waals surface area contributed by atoms with E-state index in [0.717, 1.165) is 37.9 Å². The number of pyridine rings is 1. The number of carbonyl (C=O) groups is 1. The molecule has 1 saturated heterocycles. The van der Waals surface area contributed by atoms with Gasteiger partial charge in [-0.2, -0.15) is 0 Å². The first kappa shape index (κ1) is 17.9. The maximum atomic E-state index is 12.9. The number of aromatic nitrogens is 1. The number of ether oxygens (including phenoxy) is 1. The summed E-state index contributed by atoms with van der Waals surface area (Å²) in [7, 11) is 0. The van der Waals surface area contributed by atoms with Gasteiger partial charge in [0.25, 0.3) is 0 Å². The summed E-state index contributed by atoms with van der Waals surface area (Å²) in [5, 5.41) is 6.51. The number of halogens is 1. The highest BCUT2D eigenvalue weighted by Gasteiger charge is 2.49. The summed E-state index contributed by atoms with van der Waals surface area (Å²) in [6, 6.07) is 9.43. The van der Waals surface area contributed by atoms with Gasteiger partial charge in [-0.25, -0.2) is 9.37 Å². The molecule has 6 heteroatoms. The molecular formula is C21H24FN3O2. The van der Waals surface area contributed by atoms with Crippen LogP contribution in [0.2, 0.25) is 0 Å². The van der Waals surface area contributed by atoms with E-state index in [1.807, 2.05) is 6.07 Å². The lowest BCUT2D eigenvalue weighted by Crippen LogP contribution is -2.47. The Kier molecular flexibility index (Phi) is 5.07. The number of hydrogen-bond donors (Lipinski definition) is 2. The fourth-order valence-electron chi connectivity index (χ4n) is 4.25. The van der Waals surface area contributed by atoms with Gasteiger partial charge in [0.1, 0.15) is 11.6 Å². The Hall–Kier alpha value is -2.47. The second kappa shape index (κ2) is 7.64. The van der Waals surface area contributed by atoms with Crippen molar-refractivity contribution in [1.29, 1.82) is 0 Å². The molecule has 27 heavy (non-hydrogen) atoms. The predicted octanol–water partition coefficient (Wildman–Crippen LogP) is 3.41. The molecule has 142 valence electrons. The fourth-order valence-corrected chi connectivity index (χ4v) is 4.25. The summed E-state index contributed by atoms with van der Waals surface area (Å²) in [6.45, 7) is 2.19. The van der Waals surface area contributed by atoms with E-state index >= 15 is 0 Å². The highest BCUT2D eigenvalue weighted by Crippen LogP contribution is 2.43. The van der Waals surface area contributed by atoms with Crippen molar-refractivity contribution in [2.45, 2.75) is 32.2 Å². The van der Waals surface area contributed by atoms with Crippen LogP contribution in [0.25, 0.3) is 0 Å². The lowest BCUT2D eigenvalue weighted by Gasteiger charge is -2.37. The molecule has 0 spiro atoms. The van der Waals surface area contributed by atoms with E-state index < -0.39 is 0 Å². The van der Waals surface area contributed by atoms with Gasteiger partial charge in [-0.3, -0.25) is 4.79 Å². The van der Waals surface area contributed by atoms with Gasteiger partial charge in [-0.15, -0.1) is 0 Å². The zero-order chi connectivity index (χ0) is 18.7. The highest BCUT2D eigenvalue weighted by atomic mass is 19.1. The van der Waals surface area contributed by atoms with Crippen LogP contribution in [0, 0.1) is 17.2 Å². The normalized spacial score (nSPS) is 24.3. The first-order valence-electron chi connectivity index (χ1n) is 9.53. The Labute approximate surface area is 158 Å². The molecule has 2 aromatic rings. The molecule has 1 aliphatic heterocycles. The summed E-state index contributed by atoms with van der Waals surface area (Å²) in [4.78, 5) is 17.2. The van der Waals surface area contributed by atoms with Crippen molar-refractivity contribution in [2.24, 2.45) is 11.3 Å². The Morgan fingerprint density at radius 1 is 1.26 bits per heavy atom. The van der Waals surface area contributed by atoms with Crippen LogP contribution in [0.15, 0.2) is 42.6 Å². The molecule has 1 aliphatic carbocycles. The van der Waals surface area contributed by atoms with Crippen LogP contribution in [-0.2, 0) is 11.3 Å². The monoisotopic (exact) mass is 369 g/mol. The summed E-state index contributed by atoms with van der Waals surface area (Å²) >= 11 is 0. The van der Waals surface area contributed by atoms with Crippen molar-refractivity contribution >= 4 is 5.91 Å². The molecule has 0 radical (unpaired) electrons. The van der Waals surface area contributed by atoms with E-state index in [4.69, 9.17) is 4.74 Å². The van der Waals surface area contributed by atoms with Crippen molar-refractivity contribution in [3.63, 3.8) is 0 Å². The van der Waals surface area contributed by atoms with Crippen LogP contribution in [0.4, 0.5) is 4.39 Å². The first-order valence-corrected chi connectivity index (χ1v) is 9.53. The number of fused-ring (bicyclic) bond motifs is 1. The maximum Gasteiger partial charge on any atom is 0.228 e. The van der Waals surface area contributed by atoms with E-state index in [9.17, 15) is 9.18 Å². The predicted molar refractivity (Wildman–Crippen MR) is 99.8 cm³/mol. The molecule has 1 aromatic carbocycles. The lowest BCUT2D eigenvalue weighted by atomic mass is 9.67. The molecule has 1 amide bonds. The third-order valence-corrected chi connectivity index (χ3v) is 5.78. The van der Waals surface area contributed by atoms with Gasteiger partial charge in [0.2, 0.25) is 11.8 Å². The number of nitrogens with one attached hydrogen (secondary N) is 2. The third-order valence-electron chi connectivity index (χ3n) is 5.78. The molecular weight excluding hydrogens is 345 g/mol. The van der Waals surface area contributed by atoms with E-state index in [1.165, 1.54) is 18.6 Å². The van der Waals surface area contributed by atoms with Crippen LogP contribution >= 0.6 is 0 Å². The highest BCUT2D eigenvalue weighted by molar-refractivity contribution is 5.83. The molecule has 2 heterocycles. The number of hydrogen-bond acceptors (Lipinski definition) is 4. The number of nitrogens with zero attached hydrogens (tertiary/aromatic N) is 1. The Bertz CT molecular complexity index is 794. The van der Waals surface area contributed by atoms with Crippen molar-refractivity contribution < 1.29 is 13.9 Å². The van der Waals surface area contributed by atoms with E-state index in [0.29, 0.717) is 24.1 Å². The minimum absolute atomic E-state index is 0.156. The topological polar surface area (TPSA) is 63.2 Å². The number of benzene rings is 1. The average Bonchev–Trinajstić information content (AvgIpc) is 3.14. The average molecular weight is 369 g/mol. The van der Waals surface area contributed by atoms with Crippen LogP contribution in [-0.4, -0.2) is 24.0 Å². The largest absolute Gasteiger partial charge is 0.439 e. The van der Waals surface area contributed by atoms with Gasteiger partial charge in [-0.1, -0.05) is 18.9 Å². The standard InChI is InChI=1S/C21H24FN3O2/c22-17-5-7-18(8-6-17)27-19-9-4-15(11-24-19)12-25-20(26)21-10-2-1-3-16(21)13-23-14-21/h4-9,11,16,23H,1-3,10,12-14H2,(H,25,26)/t16-,21+/m0/s1. The number of rotatable bonds is 5. The lowest BCUT2D eigenvalue weighted by molar-refractivity contribution is -0.134. The minimum atomic E-state index is -0.307. The Morgan fingerprint density at radius 3 is 2.89 bits per heavy atom. The van der Waals surface area contributed by atoms with E-state index in [2.05, 4.69) is 15.6 Å². The zero-order valence-electron chi connectivity index (χ0n) is 15.2. The second-order valence-corrected chi connectivity index (χ2v) is 7.47. The van der Waals surface area contributed by atoms with Crippen molar-refractivity contribution in [3.05, 3.63) is 54.0 Å². The molecule has 2 N–H and O–H groups in total. The van der Waals surface area contributed by atoms with Crippen LogP contribution < -0.4 is 15.4 Å². The zero-order valence-corrected chi connectivity index (χ0v) is 15.2. The van der Waals surface area contributed by atoms with E-state index in [-0.39, 0.29) is 17.1 Å². The first-order chi connectivity index (χ1) is 13.2. The molecule has 2 atom stereocenters.